The van der Waals surface area contributed by atoms with Gasteiger partial charge >= 0.3 is 0 Å². The molecular formula is C19H41N3O. The minimum atomic E-state index is 0.588. The number of rotatable bonds is 11. The Labute approximate surface area is 145 Å². The molecule has 0 aliphatic carbocycles. The van der Waals surface area contributed by atoms with Crippen molar-refractivity contribution in [2.24, 2.45) is 0 Å². The summed E-state index contributed by atoms with van der Waals surface area (Å²) in [7, 11) is 0. The van der Waals surface area contributed by atoms with E-state index in [-0.39, 0.29) is 0 Å². The second kappa shape index (κ2) is 21.1. The van der Waals surface area contributed by atoms with E-state index >= 15 is 0 Å². The van der Waals surface area contributed by atoms with Crippen LogP contribution in [0.25, 0.3) is 0 Å². The number of unbranched alkanes of at least 4 members (excludes halogenated alkanes) is 5. The lowest BCUT2D eigenvalue weighted by atomic mass is 10.1. The molecule has 1 heterocycles. The van der Waals surface area contributed by atoms with E-state index in [1.165, 1.54) is 44.9 Å². The Kier molecular flexibility index (Phi) is 22.3. The van der Waals surface area contributed by atoms with Crippen LogP contribution in [-0.4, -0.2) is 21.6 Å². The fourth-order valence-corrected chi connectivity index (χ4v) is 1.89. The third kappa shape index (κ3) is 17.3. The molecule has 138 valence electrons. The number of aromatic nitrogens is 3. The molecule has 1 rings (SSSR count). The highest BCUT2D eigenvalue weighted by Crippen LogP contribution is 2.06. The zero-order chi connectivity index (χ0) is 17.8. The molecule has 0 spiro atoms. The van der Waals surface area contributed by atoms with Crippen molar-refractivity contribution in [1.29, 1.82) is 0 Å². The highest BCUT2D eigenvalue weighted by atomic mass is 16.5. The zero-order valence-electron chi connectivity index (χ0n) is 16.6. The molecule has 4 heteroatoms. The lowest BCUT2D eigenvalue weighted by Crippen LogP contribution is -1.98. The van der Waals surface area contributed by atoms with E-state index in [0.29, 0.717) is 6.61 Å². The van der Waals surface area contributed by atoms with Crippen molar-refractivity contribution in [2.75, 3.05) is 6.61 Å². The van der Waals surface area contributed by atoms with Crippen molar-refractivity contribution in [1.82, 2.24) is 15.0 Å². The molecule has 0 fully saturated rings. The first-order valence-corrected chi connectivity index (χ1v) is 9.75. The molecule has 0 radical (unpaired) electrons. The van der Waals surface area contributed by atoms with Crippen LogP contribution in [0.3, 0.4) is 0 Å². The molecule has 0 saturated carbocycles. The average molecular weight is 328 g/mol. The summed E-state index contributed by atoms with van der Waals surface area (Å²) in [5.41, 5.74) is 0.939. The van der Waals surface area contributed by atoms with Gasteiger partial charge in [0.15, 0.2) is 0 Å². The van der Waals surface area contributed by atoms with E-state index in [9.17, 15) is 0 Å². The summed E-state index contributed by atoms with van der Waals surface area (Å²) in [5, 5.41) is 8.22. The summed E-state index contributed by atoms with van der Waals surface area (Å²) in [5.74, 6) is 0. The summed E-state index contributed by atoms with van der Waals surface area (Å²) >= 11 is 0. The van der Waals surface area contributed by atoms with Crippen LogP contribution in [-0.2, 0) is 17.9 Å². The third-order valence-electron chi connectivity index (χ3n) is 2.93. The predicted molar refractivity (Wildman–Crippen MR) is 101 cm³/mol. The number of nitrogens with zero attached hydrogens (tertiary/aromatic N) is 3. The number of hydrogen-bond acceptors (Lipinski definition) is 3. The van der Waals surface area contributed by atoms with Crippen LogP contribution in [0.15, 0.2) is 6.20 Å². The lowest BCUT2D eigenvalue weighted by molar-refractivity contribution is 0.119. The molecule has 0 atom stereocenters. The molecular weight excluding hydrogens is 286 g/mol. The third-order valence-corrected chi connectivity index (χ3v) is 2.93. The number of hydrogen-bond donors (Lipinski definition) is 0. The SMILES string of the molecule is CC.CCC.CCCCCCCCn1cc(COCCC)nn1. The molecule has 1 aromatic heterocycles. The first-order chi connectivity index (χ1) is 11.3. The molecule has 0 N–H and O–H groups in total. The first-order valence-electron chi connectivity index (χ1n) is 9.75. The molecule has 0 aliphatic rings. The van der Waals surface area contributed by atoms with Crippen molar-refractivity contribution in [2.45, 2.75) is 106 Å². The van der Waals surface area contributed by atoms with Crippen molar-refractivity contribution in [3.63, 3.8) is 0 Å². The molecule has 0 aromatic carbocycles. The molecule has 1 aromatic rings. The summed E-state index contributed by atoms with van der Waals surface area (Å²) in [6.07, 6.45) is 12.2. The van der Waals surface area contributed by atoms with Crippen LogP contribution >= 0.6 is 0 Å². The smallest absolute Gasteiger partial charge is 0.108 e. The molecule has 0 aliphatic heterocycles. The second-order valence-corrected chi connectivity index (χ2v) is 5.50. The van der Waals surface area contributed by atoms with Crippen LogP contribution in [0.1, 0.15) is 98.6 Å². The normalized spacial score (nSPS) is 9.65. The van der Waals surface area contributed by atoms with Gasteiger partial charge in [0.1, 0.15) is 5.69 Å². The van der Waals surface area contributed by atoms with Gasteiger partial charge in [-0.3, -0.25) is 4.68 Å². The van der Waals surface area contributed by atoms with Crippen LogP contribution in [0, 0.1) is 0 Å². The summed E-state index contributed by atoms with van der Waals surface area (Å²) in [6, 6.07) is 0. The molecule has 0 unspecified atom stereocenters. The van der Waals surface area contributed by atoms with E-state index < -0.39 is 0 Å². The Bertz CT molecular complexity index is 313. The maximum Gasteiger partial charge on any atom is 0.108 e. The Morgan fingerprint density at radius 1 is 0.913 bits per heavy atom. The number of ether oxygens (including phenoxy) is 1. The maximum atomic E-state index is 5.44. The van der Waals surface area contributed by atoms with Gasteiger partial charge in [0.2, 0.25) is 0 Å². The van der Waals surface area contributed by atoms with Crippen molar-refractivity contribution in [3.05, 3.63) is 11.9 Å². The van der Waals surface area contributed by atoms with Crippen molar-refractivity contribution >= 4 is 0 Å². The molecule has 0 saturated heterocycles. The lowest BCUT2D eigenvalue weighted by Gasteiger charge is -2.00. The minimum Gasteiger partial charge on any atom is -0.375 e. The monoisotopic (exact) mass is 327 g/mol. The highest BCUT2D eigenvalue weighted by Gasteiger charge is 2.00. The quantitative estimate of drug-likeness (QED) is 0.467. The Hall–Kier alpha value is -0.900. The van der Waals surface area contributed by atoms with Gasteiger partial charge in [-0.2, -0.15) is 0 Å². The molecule has 0 amide bonds. The largest absolute Gasteiger partial charge is 0.375 e. The minimum absolute atomic E-state index is 0.588. The highest BCUT2D eigenvalue weighted by molar-refractivity contribution is 4.89. The summed E-state index contributed by atoms with van der Waals surface area (Å²) in [4.78, 5) is 0. The van der Waals surface area contributed by atoms with Gasteiger partial charge in [0, 0.05) is 13.2 Å². The maximum absolute atomic E-state index is 5.44. The summed E-state index contributed by atoms with van der Waals surface area (Å²) in [6.45, 7) is 15.0. The average Bonchev–Trinajstić information content (AvgIpc) is 3.01. The molecule has 4 nitrogen and oxygen atoms in total. The van der Waals surface area contributed by atoms with Gasteiger partial charge in [0.05, 0.1) is 12.8 Å². The van der Waals surface area contributed by atoms with Crippen LogP contribution in [0.4, 0.5) is 0 Å². The van der Waals surface area contributed by atoms with Crippen LogP contribution in [0.5, 0.6) is 0 Å². The van der Waals surface area contributed by atoms with E-state index in [4.69, 9.17) is 4.74 Å². The Balaban J connectivity index is 0. The van der Waals surface area contributed by atoms with E-state index in [1.807, 2.05) is 24.7 Å². The van der Waals surface area contributed by atoms with Crippen LogP contribution < -0.4 is 0 Å². The van der Waals surface area contributed by atoms with Crippen molar-refractivity contribution in [3.8, 4) is 0 Å². The van der Waals surface area contributed by atoms with Gasteiger partial charge in [-0.05, 0) is 12.8 Å². The first kappa shape index (κ1) is 24.4. The predicted octanol–water partition coefficient (Wildman–Crippen LogP) is 6.01. The Morgan fingerprint density at radius 2 is 1.52 bits per heavy atom. The van der Waals surface area contributed by atoms with Gasteiger partial charge in [-0.25, -0.2) is 0 Å². The van der Waals surface area contributed by atoms with Crippen molar-refractivity contribution < 1.29 is 4.74 Å². The zero-order valence-corrected chi connectivity index (χ0v) is 16.6. The van der Waals surface area contributed by atoms with Gasteiger partial charge in [0.25, 0.3) is 0 Å². The second-order valence-electron chi connectivity index (χ2n) is 5.50. The van der Waals surface area contributed by atoms with Crippen LogP contribution in [0.2, 0.25) is 0 Å². The Morgan fingerprint density at radius 3 is 2.13 bits per heavy atom. The van der Waals surface area contributed by atoms with Gasteiger partial charge in [-0.15, -0.1) is 5.10 Å². The standard InChI is InChI=1S/C14H27N3O.C3H8.C2H6/c1-3-5-6-7-8-9-10-17-12-14(15-16-17)13-18-11-4-2;1-3-2;1-2/h12H,3-11,13H2,1-2H3;3H2,1-2H3;1-2H3. The molecule has 23 heavy (non-hydrogen) atoms. The van der Waals surface area contributed by atoms with E-state index in [2.05, 4.69) is 38.0 Å². The fraction of sp³-hybridized carbons (Fsp3) is 0.895. The topological polar surface area (TPSA) is 39.9 Å². The number of aryl methyl sites for hydroxylation is 1. The molecule has 0 bridgehead atoms. The summed E-state index contributed by atoms with van der Waals surface area (Å²) < 4.78 is 7.37. The van der Waals surface area contributed by atoms with E-state index in [0.717, 1.165) is 25.3 Å². The van der Waals surface area contributed by atoms with Gasteiger partial charge in [-0.1, -0.05) is 85.3 Å². The fourth-order valence-electron chi connectivity index (χ4n) is 1.89. The van der Waals surface area contributed by atoms with Gasteiger partial charge < -0.3 is 4.74 Å². The van der Waals surface area contributed by atoms with E-state index in [1.54, 1.807) is 0 Å².